The second-order valence-electron chi connectivity index (χ2n) is 9.78. The number of piperidine rings is 1. The third kappa shape index (κ3) is 7.99. The maximum atomic E-state index is 12.4. The van der Waals surface area contributed by atoms with Crippen molar-refractivity contribution in [3.05, 3.63) is 41.6 Å². The van der Waals surface area contributed by atoms with Gasteiger partial charge in [0.2, 0.25) is 5.75 Å². The Balaban J connectivity index is 1.73. The van der Waals surface area contributed by atoms with Crippen LogP contribution in [0.2, 0.25) is 0 Å². The molecule has 0 spiro atoms. The number of anilines is 2. The second kappa shape index (κ2) is 12.5. The van der Waals surface area contributed by atoms with Crippen LogP contribution in [0.5, 0.6) is 11.5 Å². The Hall–Kier alpha value is -3.01. The van der Waals surface area contributed by atoms with Gasteiger partial charge in [-0.15, -0.1) is 0 Å². The van der Waals surface area contributed by atoms with Crippen molar-refractivity contribution in [1.29, 1.82) is 0 Å². The average molecular weight is 534 g/mol. The first-order valence-electron chi connectivity index (χ1n) is 12.7. The number of hydrogen-bond donors (Lipinski definition) is 1. The number of nitrogens with one attached hydrogen (secondary N) is 1. The van der Waals surface area contributed by atoms with Crippen LogP contribution in [0.1, 0.15) is 51.7 Å². The monoisotopic (exact) mass is 533 g/mol. The molecule has 1 unspecified atom stereocenters. The average Bonchev–Trinajstić information content (AvgIpc) is 2.82. The predicted molar refractivity (Wildman–Crippen MR) is 145 cm³/mol. The number of carbonyl (C=O) groups is 1. The molecule has 1 aliphatic rings. The third-order valence-electron chi connectivity index (χ3n) is 6.33. The van der Waals surface area contributed by atoms with E-state index in [2.05, 4.69) is 17.2 Å². The summed E-state index contributed by atoms with van der Waals surface area (Å²) in [5, 5.41) is 3.37. The van der Waals surface area contributed by atoms with Crippen LogP contribution in [-0.4, -0.2) is 68.3 Å². The van der Waals surface area contributed by atoms with Crippen molar-refractivity contribution >= 4 is 27.4 Å². The number of rotatable bonds is 10. The van der Waals surface area contributed by atoms with E-state index in [0.29, 0.717) is 43.1 Å². The number of nitrogens with zero attached hydrogens (tertiary/aromatic N) is 2. The van der Waals surface area contributed by atoms with Crippen molar-refractivity contribution < 1.29 is 27.4 Å². The fourth-order valence-corrected chi connectivity index (χ4v) is 5.02. The van der Waals surface area contributed by atoms with Gasteiger partial charge in [-0.2, -0.15) is 0 Å². The first kappa shape index (κ1) is 28.6. The van der Waals surface area contributed by atoms with Crippen LogP contribution < -0.4 is 14.8 Å². The number of likely N-dealkylation sites (tertiary alicyclic amines) is 1. The number of amides is 1. The van der Waals surface area contributed by atoms with Gasteiger partial charge in [0, 0.05) is 49.6 Å². The molecule has 1 N–H and O–H groups in total. The normalized spacial score (nSPS) is 18.0. The van der Waals surface area contributed by atoms with Gasteiger partial charge in [-0.05, 0) is 50.8 Å². The first-order chi connectivity index (χ1) is 17.5. The molecule has 2 aromatic rings. The van der Waals surface area contributed by atoms with Crippen LogP contribution in [0.25, 0.3) is 0 Å². The molecule has 9 nitrogen and oxygen atoms in total. The highest BCUT2D eigenvalue weighted by atomic mass is 32.2. The van der Waals surface area contributed by atoms with Crippen LogP contribution in [0, 0.1) is 0 Å². The van der Waals surface area contributed by atoms with E-state index >= 15 is 0 Å². The minimum Gasteiger partial charge on any atom is -0.490 e. The van der Waals surface area contributed by atoms with Gasteiger partial charge in [0.15, 0.2) is 11.6 Å². The molecule has 1 aromatic heterocycles. The van der Waals surface area contributed by atoms with Gasteiger partial charge in [0.1, 0.15) is 15.9 Å². The minimum absolute atomic E-state index is 0.0104. The fraction of sp³-hybridized carbons (Fsp3) is 0.556. The molecule has 2 atom stereocenters. The second-order valence-corrected chi connectivity index (χ2v) is 12.0. The Labute approximate surface area is 220 Å². The molecule has 0 radical (unpaired) electrons. The molecule has 37 heavy (non-hydrogen) atoms. The lowest BCUT2D eigenvalue weighted by Crippen LogP contribution is -2.48. The number of methoxy groups -OCH3 is 1. The van der Waals surface area contributed by atoms with Crippen molar-refractivity contribution in [3.63, 3.8) is 0 Å². The summed E-state index contributed by atoms with van der Waals surface area (Å²) in [6.07, 6.45) is 5.00. The number of sulfone groups is 1. The zero-order valence-electron chi connectivity index (χ0n) is 22.6. The molecule has 1 amide bonds. The Morgan fingerprint density at radius 3 is 2.65 bits per heavy atom. The highest BCUT2D eigenvalue weighted by molar-refractivity contribution is 7.90. The summed E-state index contributed by atoms with van der Waals surface area (Å²) in [5.74, 6) is 1.73. The van der Waals surface area contributed by atoms with Crippen LogP contribution in [-0.2, 0) is 27.4 Å². The number of aryl methyl sites for hydroxylation is 2. The molecule has 3 rings (SSSR count). The maximum Gasteiger partial charge on any atom is 0.410 e. The van der Waals surface area contributed by atoms with Crippen molar-refractivity contribution in [2.24, 2.45) is 0 Å². The largest absolute Gasteiger partial charge is 0.490 e. The van der Waals surface area contributed by atoms with Crippen LogP contribution >= 0.6 is 0 Å². The molecule has 204 valence electrons. The zero-order valence-corrected chi connectivity index (χ0v) is 23.4. The molecular weight excluding hydrogens is 494 g/mol. The lowest BCUT2D eigenvalue weighted by Gasteiger charge is -2.37. The van der Waals surface area contributed by atoms with Gasteiger partial charge >= 0.3 is 6.09 Å². The molecule has 0 aliphatic carbocycles. The van der Waals surface area contributed by atoms with E-state index in [1.54, 1.807) is 24.3 Å². The molecule has 1 aromatic carbocycles. The van der Waals surface area contributed by atoms with Gasteiger partial charge in [-0.3, -0.25) is 0 Å². The quantitative estimate of drug-likeness (QED) is 0.466. The van der Waals surface area contributed by atoms with E-state index in [0.717, 1.165) is 23.2 Å². The molecule has 0 bridgehead atoms. The summed E-state index contributed by atoms with van der Waals surface area (Å²) in [5.41, 5.74) is 2.90. The Morgan fingerprint density at radius 2 is 2.03 bits per heavy atom. The van der Waals surface area contributed by atoms with Crippen molar-refractivity contribution in [3.8, 4) is 11.5 Å². The summed E-state index contributed by atoms with van der Waals surface area (Å²) >= 11 is 0. The zero-order chi connectivity index (χ0) is 27.2. The molecule has 0 saturated carbocycles. The maximum absolute atomic E-state index is 12.4. The number of pyridine rings is 1. The van der Waals surface area contributed by atoms with E-state index in [4.69, 9.17) is 14.2 Å². The van der Waals surface area contributed by atoms with Gasteiger partial charge in [0.25, 0.3) is 0 Å². The number of ether oxygens (including phenoxy) is 3. The highest BCUT2D eigenvalue weighted by Crippen LogP contribution is 2.37. The summed E-state index contributed by atoms with van der Waals surface area (Å²) in [6, 6.07) is 7.67. The van der Waals surface area contributed by atoms with E-state index in [1.165, 1.54) is 6.26 Å². The van der Waals surface area contributed by atoms with E-state index in [1.807, 2.05) is 39.0 Å². The molecule has 10 heteroatoms. The van der Waals surface area contributed by atoms with Gasteiger partial charge < -0.3 is 24.4 Å². The van der Waals surface area contributed by atoms with Gasteiger partial charge in [-0.1, -0.05) is 19.1 Å². The number of benzene rings is 1. The van der Waals surface area contributed by atoms with Crippen LogP contribution in [0.4, 0.5) is 16.3 Å². The van der Waals surface area contributed by atoms with Gasteiger partial charge in [-0.25, -0.2) is 18.2 Å². The Bertz CT molecular complexity index is 1180. The molecular formula is C27H39N3O6S. The molecule has 1 saturated heterocycles. The van der Waals surface area contributed by atoms with Crippen molar-refractivity contribution in [2.45, 2.75) is 71.6 Å². The van der Waals surface area contributed by atoms with Gasteiger partial charge in [0.05, 0.1) is 19.0 Å². The lowest BCUT2D eigenvalue weighted by atomic mass is 10.0. The predicted octanol–water partition coefficient (Wildman–Crippen LogP) is 4.76. The Kier molecular flexibility index (Phi) is 9.64. The van der Waals surface area contributed by atoms with Crippen LogP contribution in [0.15, 0.2) is 30.5 Å². The van der Waals surface area contributed by atoms with Crippen LogP contribution in [0.3, 0.4) is 0 Å². The van der Waals surface area contributed by atoms with E-state index in [-0.39, 0.29) is 30.1 Å². The SMILES string of the molecule is CCc1cc(CCS(C)(=O)=O)ccc1Nc1nccc(OC2CCN(C(=O)OC(C)C)[C@@H](C)C2)c1OC. The highest BCUT2D eigenvalue weighted by Gasteiger charge is 2.32. The summed E-state index contributed by atoms with van der Waals surface area (Å²) in [6.45, 7) is 8.30. The summed E-state index contributed by atoms with van der Waals surface area (Å²) in [7, 11) is -1.44. The number of aromatic nitrogens is 1. The van der Waals surface area contributed by atoms with E-state index in [9.17, 15) is 13.2 Å². The minimum atomic E-state index is -3.02. The third-order valence-corrected chi connectivity index (χ3v) is 7.28. The summed E-state index contributed by atoms with van der Waals surface area (Å²) < 4.78 is 40.5. The molecule has 1 fully saturated rings. The number of hydrogen-bond acceptors (Lipinski definition) is 8. The smallest absolute Gasteiger partial charge is 0.410 e. The summed E-state index contributed by atoms with van der Waals surface area (Å²) in [4.78, 5) is 18.6. The van der Waals surface area contributed by atoms with Crippen molar-refractivity contribution in [1.82, 2.24) is 9.88 Å². The standard InChI is InChI=1S/C27H39N3O6S/c1-7-21-17-20(12-15-37(6,32)33)8-9-23(21)29-26-25(34-5)24(10-13-28-26)36-22-11-14-30(19(4)16-22)27(31)35-18(2)3/h8-10,13,17-19,22H,7,11-12,14-16H2,1-6H3,(H,28,29)/t19-,22?/m0/s1. The molecule has 1 aliphatic heterocycles. The fourth-order valence-electron chi connectivity index (χ4n) is 4.41. The lowest BCUT2D eigenvalue weighted by molar-refractivity contribution is 0.0299. The topological polar surface area (TPSA) is 107 Å². The first-order valence-corrected chi connectivity index (χ1v) is 14.8. The Morgan fingerprint density at radius 1 is 1.27 bits per heavy atom. The van der Waals surface area contributed by atoms with Crippen molar-refractivity contribution in [2.75, 3.05) is 31.0 Å². The molecule has 2 heterocycles. The number of carbonyl (C=O) groups excluding carboxylic acids is 1. The van der Waals surface area contributed by atoms with E-state index < -0.39 is 9.84 Å².